The van der Waals surface area contributed by atoms with Crippen LogP contribution < -0.4 is 5.32 Å². The molecule has 1 fully saturated rings. The number of fused-ring (bicyclic) bond motifs is 3. The van der Waals surface area contributed by atoms with Crippen molar-refractivity contribution in [3.05, 3.63) is 24.1 Å². The molecule has 4 rings (SSSR count). The van der Waals surface area contributed by atoms with E-state index in [4.69, 9.17) is 9.15 Å². The predicted molar refractivity (Wildman–Crippen MR) is 110 cm³/mol. The van der Waals surface area contributed by atoms with Crippen LogP contribution in [0.1, 0.15) is 56.4 Å². The molecule has 2 aromatic heterocycles. The summed E-state index contributed by atoms with van der Waals surface area (Å²) in [5.74, 6) is 0.518. The van der Waals surface area contributed by atoms with Gasteiger partial charge in [-0.25, -0.2) is 0 Å². The van der Waals surface area contributed by atoms with Crippen LogP contribution in [-0.2, 0) is 16.1 Å². The largest absolute Gasteiger partial charge is 0.463 e. The topological polar surface area (TPSA) is 76.7 Å². The number of aromatic nitrogens is 1. The Morgan fingerprint density at radius 2 is 2.10 bits per heavy atom. The first-order chi connectivity index (χ1) is 13.9. The highest BCUT2D eigenvalue weighted by atomic mass is 16.5. The van der Waals surface area contributed by atoms with Crippen LogP contribution >= 0.6 is 0 Å². The van der Waals surface area contributed by atoms with Crippen molar-refractivity contribution in [2.24, 2.45) is 5.92 Å². The minimum absolute atomic E-state index is 0.0705. The summed E-state index contributed by atoms with van der Waals surface area (Å²) in [4.78, 5) is 28.6. The van der Waals surface area contributed by atoms with Gasteiger partial charge in [0.25, 0.3) is 5.91 Å². The highest BCUT2D eigenvalue weighted by Gasteiger charge is 2.48. The lowest BCUT2D eigenvalue weighted by Crippen LogP contribution is -2.65. The van der Waals surface area contributed by atoms with Crippen molar-refractivity contribution < 1.29 is 18.7 Å². The Labute approximate surface area is 171 Å². The Balaban J connectivity index is 1.62. The number of hydrogen-bond donors (Lipinski definition) is 1. The Morgan fingerprint density at radius 1 is 1.34 bits per heavy atom. The van der Waals surface area contributed by atoms with E-state index < -0.39 is 5.54 Å². The van der Waals surface area contributed by atoms with Gasteiger partial charge < -0.3 is 23.9 Å². The second kappa shape index (κ2) is 7.86. The van der Waals surface area contributed by atoms with Gasteiger partial charge in [0.05, 0.1) is 18.3 Å². The molecule has 0 saturated heterocycles. The van der Waals surface area contributed by atoms with Gasteiger partial charge >= 0.3 is 0 Å². The molecule has 3 heterocycles. The maximum atomic E-state index is 13.5. The summed E-state index contributed by atoms with van der Waals surface area (Å²) < 4.78 is 12.6. The summed E-state index contributed by atoms with van der Waals surface area (Å²) >= 11 is 0. The maximum absolute atomic E-state index is 13.5. The standard InChI is InChI=1S/C22H31N3O4/c1-15-5-7-16(8-6-15)23-21(27)22(2)14-24-17-9-12-29-19(17)13-18(24)20(26)25(22)10-4-11-28-3/h9,12-13,15-16H,4-8,10-11,14H2,1-3H3,(H,23,27). The lowest BCUT2D eigenvalue weighted by molar-refractivity contribution is -0.134. The van der Waals surface area contributed by atoms with Crippen LogP contribution in [0.2, 0.25) is 0 Å². The molecule has 0 aromatic carbocycles. The number of furan rings is 1. The van der Waals surface area contributed by atoms with Gasteiger partial charge in [-0.05, 0) is 44.9 Å². The summed E-state index contributed by atoms with van der Waals surface area (Å²) in [5, 5.41) is 3.25. The molecule has 1 aliphatic carbocycles. The number of hydrogen-bond acceptors (Lipinski definition) is 4. The zero-order valence-electron chi connectivity index (χ0n) is 17.6. The van der Waals surface area contributed by atoms with Crippen LogP contribution in [0, 0.1) is 5.92 Å². The molecule has 1 unspecified atom stereocenters. The van der Waals surface area contributed by atoms with Gasteiger partial charge in [0.15, 0.2) is 5.58 Å². The number of methoxy groups -OCH3 is 1. The van der Waals surface area contributed by atoms with Crippen molar-refractivity contribution in [1.29, 1.82) is 0 Å². The van der Waals surface area contributed by atoms with E-state index in [1.807, 2.05) is 17.6 Å². The Hall–Kier alpha value is -2.28. The minimum atomic E-state index is -0.954. The Kier molecular flexibility index (Phi) is 5.42. The first-order valence-corrected chi connectivity index (χ1v) is 10.6. The van der Waals surface area contributed by atoms with Crippen molar-refractivity contribution in [1.82, 2.24) is 14.8 Å². The van der Waals surface area contributed by atoms with Crippen LogP contribution in [0.25, 0.3) is 11.1 Å². The smallest absolute Gasteiger partial charge is 0.271 e. The van der Waals surface area contributed by atoms with Crippen molar-refractivity contribution in [3.8, 4) is 0 Å². The number of nitrogens with one attached hydrogen (secondary N) is 1. The minimum Gasteiger partial charge on any atom is -0.463 e. The molecular weight excluding hydrogens is 370 g/mol. The molecule has 7 heteroatoms. The second-order valence-corrected chi connectivity index (χ2v) is 8.79. The van der Waals surface area contributed by atoms with Gasteiger partial charge in [-0.2, -0.15) is 0 Å². The van der Waals surface area contributed by atoms with Crippen molar-refractivity contribution in [3.63, 3.8) is 0 Å². The van der Waals surface area contributed by atoms with E-state index in [0.29, 0.717) is 37.4 Å². The highest BCUT2D eigenvalue weighted by Crippen LogP contribution is 2.33. The monoisotopic (exact) mass is 401 g/mol. The third-order valence-electron chi connectivity index (χ3n) is 6.62. The SMILES string of the molecule is COCCCN1C(=O)c2cc3occc3n2CC1(C)C(=O)NC1CCC(C)CC1. The number of ether oxygens (including phenoxy) is 1. The Morgan fingerprint density at radius 3 is 2.83 bits per heavy atom. The van der Waals surface area contributed by atoms with Gasteiger partial charge in [0.2, 0.25) is 5.91 Å². The molecule has 2 aromatic rings. The predicted octanol–water partition coefficient (Wildman–Crippen LogP) is 3.18. The zero-order valence-corrected chi connectivity index (χ0v) is 17.6. The Bertz CT molecular complexity index is 893. The molecule has 2 aliphatic rings. The fraction of sp³-hybridized carbons (Fsp3) is 0.636. The molecular formula is C22H31N3O4. The maximum Gasteiger partial charge on any atom is 0.271 e. The summed E-state index contributed by atoms with van der Waals surface area (Å²) in [7, 11) is 1.65. The van der Waals surface area contributed by atoms with Crippen LogP contribution in [-0.4, -0.2) is 53.1 Å². The van der Waals surface area contributed by atoms with E-state index in [-0.39, 0.29) is 17.9 Å². The van der Waals surface area contributed by atoms with Gasteiger partial charge in [0.1, 0.15) is 11.2 Å². The number of rotatable bonds is 6. The molecule has 7 nitrogen and oxygen atoms in total. The molecule has 1 N–H and O–H groups in total. The molecule has 0 bridgehead atoms. The summed E-state index contributed by atoms with van der Waals surface area (Å²) in [5.41, 5.74) is 1.16. The molecule has 2 amide bonds. The van der Waals surface area contributed by atoms with Gasteiger partial charge in [-0.1, -0.05) is 6.92 Å². The molecule has 1 saturated carbocycles. The molecule has 0 radical (unpaired) electrons. The molecule has 1 aliphatic heterocycles. The van der Waals surface area contributed by atoms with E-state index in [0.717, 1.165) is 37.1 Å². The first kappa shape index (κ1) is 20.0. The highest BCUT2D eigenvalue weighted by molar-refractivity contribution is 6.02. The van der Waals surface area contributed by atoms with E-state index in [9.17, 15) is 9.59 Å². The number of carbonyl (C=O) groups excluding carboxylic acids is 2. The lowest BCUT2D eigenvalue weighted by Gasteiger charge is -2.45. The third kappa shape index (κ3) is 3.56. The first-order valence-electron chi connectivity index (χ1n) is 10.6. The zero-order chi connectivity index (χ0) is 20.6. The lowest BCUT2D eigenvalue weighted by atomic mass is 9.86. The number of nitrogens with zero attached hydrogens (tertiary/aromatic N) is 2. The average Bonchev–Trinajstić information content (AvgIpc) is 3.29. The molecule has 1 atom stereocenters. The van der Waals surface area contributed by atoms with Crippen LogP contribution in [0.5, 0.6) is 0 Å². The molecule has 29 heavy (non-hydrogen) atoms. The van der Waals surface area contributed by atoms with E-state index in [1.165, 1.54) is 0 Å². The van der Waals surface area contributed by atoms with Gasteiger partial charge in [-0.15, -0.1) is 0 Å². The summed E-state index contributed by atoms with van der Waals surface area (Å²) in [6, 6.07) is 3.82. The van der Waals surface area contributed by atoms with E-state index in [1.54, 1.807) is 24.3 Å². The summed E-state index contributed by atoms with van der Waals surface area (Å²) in [6.07, 6.45) is 6.57. The fourth-order valence-corrected chi connectivity index (χ4v) is 4.74. The van der Waals surface area contributed by atoms with E-state index >= 15 is 0 Å². The molecule has 158 valence electrons. The van der Waals surface area contributed by atoms with Gasteiger partial charge in [0, 0.05) is 38.4 Å². The van der Waals surface area contributed by atoms with Crippen LogP contribution in [0.4, 0.5) is 0 Å². The summed E-state index contributed by atoms with van der Waals surface area (Å²) in [6.45, 7) is 5.59. The fourth-order valence-electron chi connectivity index (χ4n) is 4.74. The number of carbonyl (C=O) groups is 2. The molecule has 0 spiro atoms. The normalized spacial score (nSPS) is 27.3. The van der Waals surface area contributed by atoms with Crippen molar-refractivity contribution >= 4 is 22.9 Å². The average molecular weight is 402 g/mol. The quantitative estimate of drug-likeness (QED) is 0.754. The number of amides is 2. The third-order valence-corrected chi connectivity index (χ3v) is 6.62. The second-order valence-electron chi connectivity index (χ2n) is 8.79. The van der Waals surface area contributed by atoms with Crippen LogP contribution in [0.3, 0.4) is 0 Å². The van der Waals surface area contributed by atoms with Gasteiger partial charge in [-0.3, -0.25) is 9.59 Å². The van der Waals surface area contributed by atoms with E-state index in [2.05, 4.69) is 12.2 Å². The van der Waals surface area contributed by atoms with Crippen molar-refractivity contribution in [2.75, 3.05) is 20.3 Å². The van der Waals surface area contributed by atoms with Crippen LogP contribution in [0.15, 0.2) is 22.8 Å². The van der Waals surface area contributed by atoms with Crippen molar-refractivity contribution in [2.45, 2.75) is 64.1 Å².